The maximum absolute atomic E-state index is 9.69. The molecule has 0 saturated heterocycles. The summed E-state index contributed by atoms with van der Waals surface area (Å²) in [5, 5.41) is 17.7. The average Bonchev–Trinajstić information content (AvgIpc) is 2.80. The van der Waals surface area contributed by atoms with E-state index in [1.54, 1.807) is 0 Å². The van der Waals surface area contributed by atoms with Gasteiger partial charge >= 0.3 is 0 Å². The number of nitrogens with one attached hydrogen (secondary N) is 1. The lowest BCUT2D eigenvalue weighted by molar-refractivity contribution is 0.0809. The molecular weight excluding hydrogens is 238 g/mol. The van der Waals surface area contributed by atoms with Crippen molar-refractivity contribution in [3.05, 3.63) is 17.5 Å². The largest absolute Gasteiger partial charge is 0.396 e. The van der Waals surface area contributed by atoms with Gasteiger partial charge in [-0.05, 0) is 32.8 Å². The quantitative estimate of drug-likeness (QED) is 0.829. The summed E-state index contributed by atoms with van der Waals surface area (Å²) in [5.74, 6) is 0. The molecule has 0 aliphatic heterocycles. The Balaban J connectivity index is 1.88. The molecule has 19 heavy (non-hydrogen) atoms. The van der Waals surface area contributed by atoms with Crippen molar-refractivity contribution in [3.8, 4) is 0 Å². The molecule has 1 aliphatic rings. The molecule has 0 bridgehead atoms. The lowest BCUT2D eigenvalue weighted by atomic mass is 9.74. The van der Waals surface area contributed by atoms with Gasteiger partial charge in [-0.3, -0.25) is 4.68 Å². The van der Waals surface area contributed by atoms with Crippen molar-refractivity contribution in [2.75, 3.05) is 13.2 Å². The van der Waals surface area contributed by atoms with Crippen LogP contribution in [0, 0.1) is 12.3 Å². The van der Waals surface area contributed by atoms with Gasteiger partial charge in [0.05, 0.1) is 11.4 Å². The van der Waals surface area contributed by atoms with Gasteiger partial charge < -0.3 is 10.4 Å². The van der Waals surface area contributed by atoms with Gasteiger partial charge in [-0.1, -0.05) is 19.3 Å². The molecule has 1 saturated carbocycles. The highest BCUT2D eigenvalue weighted by Gasteiger charge is 2.30. The van der Waals surface area contributed by atoms with Gasteiger partial charge in [0.2, 0.25) is 0 Å². The first-order valence-electron chi connectivity index (χ1n) is 7.54. The number of aromatic nitrogens is 2. The number of rotatable bonds is 6. The van der Waals surface area contributed by atoms with Gasteiger partial charge in [-0.2, -0.15) is 5.10 Å². The minimum absolute atomic E-state index is 0.115. The van der Waals surface area contributed by atoms with Gasteiger partial charge in [0.1, 0.15) is 0 Å². The molecule has 1 heterocycles. The van der Waals surface area contributed by atoms with Crippen LogP contribution >= 0.6 is 0 Å². The predicted molar refractivity (Wildman–Crippen MR) is 76.9 cm³/mol. The Hall–Kier alpha value is -0.870. The molecular formula is C15H27N3O. The zero-order valence-electron chi connectivity index (χ0n) is 12.3. The molecule has 0 radical (unpaired) electrons. The summed E-state index contributed by atoms with van der Waals surface area (Å²) < 4.78 is 2.05. The van der Waals surface area contributed by atoms with Crippen LogP contribution in [0.5, 0.6) is 0 Å². The highest BCUT2D eigenvalue weighted by molar-refractivity contribution is 5.08. The number of hydrogen-bond acceptors (Lipinski definition) is 3. The summed E-state index contributed by atoms with van der Waals surface area (Å²) in [6, 6.07) is 2.14. The fourth-order valence-corrected chi connectivity index (χ4v) is 3.16. The molecule has 0 amide bonds. The summed E-state index contributed by atoms with van der Waals surface area (Å²) in [7, 11) is 0. The van der Waals surface area contributed by atoms with Crippen molar-refractivity contribution in [1.82, 2.24) is 15.1 Å². The van der Waals surface area contributed by atoms with Crippen molar-refractivity contribution < 1.29 is 5.11 Å². The summed E-state index contributed by atoms with van der Waals surface area (Å²) in [5.41, 5.74) is 2.43. The Morgan fingerprint density at radius 1 is 1.37 bits per heavy atom. The second-order valence-electron chi connectivity index (χ2n) is 5.92. The maximum Gasteiger partial charge on any atom is 0.0597 e. The third kappa shape index (κ3) is 3.57. The zero-order valence-corrected chi connectivity index (χ0v) is 12.3. The Labute approximate surface area is 116 Å². The van der Waals surface area contributed by atoms with E-state index < -0.39 is 0 Å². The lowest BCUT2D eigenvalue weighted by Gasteiger charge is -2.35. The van der Waals surface area contributed by atoms with Gasteiger partial charge in [0.25, 0.3) is 0 Å². The predicted octanol–water partition coefficient (Wildman–Crippen LogP) is 2.24. The van der Waals surface area contributed by atoms with Crippen LogP contribution in [0.3, 0.4) is 0 Å². The lowest BCUT2D eigenvalue weighted by Crippen LogP contribution is -2.39. The first-order chi connectivity index (χ1) is 9.19. The molecule has 1 aromatic rings. The fraction of sp³-hybridized carbons (Fsp3) is 0.800. The zero-order chi connectivity index (χ0) is 13.7. The van der Waals surface area contributed by atoms with E-state index in [1.165, 1.54) is 25.0 Å². The molecule has 0 aromatic carbocycles. The second-order valence-corrected chi connectivity index (χ2v) is 5.92. The van der Waals surface area contributed by atoms with Gasteiger partial charge in [0.15, 0.2) is 0 Å². The van der Waals surface area contributed by atoms with E-state index in [0.717, 1.165) is 38.2 Å². The van der Waals surface area contributed by atoms with Crippen LogP contribution in [0.2, 0.25) is 0 Å². The number of aliphatic hydroxyl groups is 1. The highest BCUT2D eigenvalue weighted by Crippen LogP contribution is 2.35. The topological polar surface area (TPSA) is 50.1 Å². The Morgan fingerprint density at radius 3 is 2.74 bits per heavy atom. The van der Waals surface area contributed by atoms with Crippen LogP contribution in [-0.4, -0.2) is 28.0 Å². The number of aryl methyl sites for hydroxylation is 2. The Kier molecular flexibility index (Phi) is 4.99. The molecule has 4 heteroatoms. The van der Waals surface area contributed by atoms with Gasteiger partial charge in [-0.15, -0.1) is 0 Å². The third-order valence-electron chi connectivity index (χ3n) is 4.34. The molecule has 108 valence electrons. The molecule has 0 atom stereocenters. The van der Waals surface area contributed by atoms with Gasteiger partial charge in [-0.25, -0.2) is 0 Å². The third-order valence-corrected chi connectivity index (χ3v) is 4.34. The van der Waals surface area contributed by atoms with Crippen LogP contribution in [0.4, 0.5) is 0 Å². The van der Waals surface area contributed by atoms with Crippen molar-refractivity contribution >= 4 is 0 Å². The molecule has 0 unspecified atom stereocenters. The molecule has 1 aromatic heterocycles. The van der Waals surface area contributed by atoms with Crippen LogP contribution in [0.25, 0.3) is 0 Å². The molecule has 1 aliphatic carbocycles. The SMILES string of the molecule is CCn1nc(C)cc1CNCC1(CO)CCCCC1. The van der Waals surface area contributed by atoms with E-state index in [1.807, 2.05) is 6.92 Å². The summed E-state index contributed by atoms with van der Waals surface area (Å²) in [4.78, 5) is 0. The van der Waals surface area contributed by atoms with E-state index >= 15 is 0 Å². The van der Waals surface area contributed by atoms with Crippen molar-refractivity contribution in [3.63, 3.8) is 0 Å². The molecule has 0 spiro atoms. The van der Waals surface area contributed by atoms with Crippen molar-refractivity contribution in [2.45, 2.75) is 59.0 Å². The maximum atomic E-state index is 9.69. The Bertz CT molecular complexity index is 394. The Morgan fingerprint density at radius 2 is 2.11 bits per heavy atom. The van der Waals surface area contributed by atoms with E-state index in [9.17, 15) is 5.11 Å². The fourth-order valence-electron chi connectivity index (χ4n) is 3.16. The number of hydrogen-bond donors (Lipinski definition) is 2. The van der Waals surface area contributed by atoms with Crippen LogP contribution < -0.4 is 5.32 Å². The molecule has 2 N–H and O–H groups in total. The van der Waals surface area contributed by atoms with Crippen LogP contribution in [0.15, 0.2) is 6.07 Å². The minimum Gasteiger partial charge on any atom is -0.396 e. The molecule has 1 fully saturated rings. The standard InChI is InChI=1S/C15H27N3O/c1-3-18-14(9-13(2)17-18)10-16-11-15(12-19)7-5-4-6-8-15/h9,16,19H,3-8,10-12H2,1-2H3. The summed E-state index contributed by atoms with van der Waals surface area (Å²) in [6.07, 6.45) is 6.15. The van der Waals surface area contributed by atoms with Crippen LogP contribution in [0.1, 0.15) is 50.4 Å². The van der Waals surface area contributed by atoms with E-state index in [2.05, 4.69) is 28.1 Å². The minimum atomic E-state index is 0.115. The average molecular weight is 265 g/mol. The normalized spacial score (nSPS) is 18.7. The first kappa shape index (κ1) is 14.5. The molecule has 2 rings (SSSR count). The van der Waals surface area contributed by atoms with E-state index in [0.29, 0.717) is 6.61 Å². The monoisotopic (exact) mass is 265 g/mol. The second kappa shape index (κ2) is 6.53. The van der Waals surface area contributed by atoms with E-state index in [-0.39, 0.29) is 5.41 Å². The number of nitrogens with zero attached hydrogens (tertiary/aromatic N) is 2. The number of aliphatic hydroxyl groups excluding tert-OH is 1. The summed E-state index contributed by atoms with van der Waals surface area (Å²) >= 11 is 0. The molecule has 4 nitrogen and oxygen atoms in total. The van der Waals surface area contributed by atoms with Crippen LogP contribution in [-0.2, 0) is 13.1 Å². The highest BCUT2D eigenvalue weighted by atomic mass is 16.3. The van der Waals surface area contributed by atoms with Crippen molar-refractivity contribution in [2.24, 2.45) is 5.41 Å². The van der Waals surface area contributed by atoms with Crippen molar-refractivity contribution in [1.29, 1.82) is 0 Å². The first-order valence-corrected chi connectivity index (χ1v) is 7.54. The summed E-state index contributed by atoms with van der Waals surface area (Å²) in [6.45, 7) is 7.13. The van der Waals surface area contributed by atoms with Gasteiger partial charge in [0, 0.05) is 31.7 Å². The smallest absolute Gasteiger partial charge is 0.0597 e. The van der Waals surface area contributed by atoms with E-state index in [4.69, 9.17) is 0 Å².